The summed E-state index contributed by atoms with van der Waals surface area (Å²) < 4.78 is 16.0. The molecule has 4 heteroatoms. The van der Waals surface area contributed by atoms with Gasteiger partial charge in [0.25, 0.3) is 6.71 Å². The molecule has 8 aromatic carbocycles. The lowest BCUT2D eigenvalue weighted by Gasteiger charge is -2.34. The van der Waals surface area contributed by atoms with Crippen molar-refractivity contribution in [3.05, 3.63) is 170 Å². The Morgan fingerprint density at radius 3 is 1.50 bits per heavy atom. The van der Waals surface area contributed by atoms with Gasteiger partial charge in [-0.3, -0.25) is 0 Å². The molecule has 0 saturated heterocycles. The molecule has 0 spiro atoms. The topological polar surface area (TPSA) is 23.4 Å². The number of rotatable bonds is 1. The van der Waals surface area contributed by atoms with Crippen LogP contribution in [0, 0.1) is 0 Å². The van der Waals surface area contributed by atoms with Crippen LogP contribution in [-0.4, -0.2) is 11.3 Å². The van der Waals surface area contributed by atoms with E-state index in [2.05, 4.69) is 168 Å². The summed E-state index contributed by atoms with van der Waals surface area (Å²) in [5.74, 6) is 3.45. The summed E-state index contributed by atoms with van der Waals surface area (Å²) in [5, 5.41) is 2.41. The van der Waals surface area contributed by atoms with Crippen molar-refractivity contribution in [1.29, 1.82) is 0 Å². The lowest BCUT2D eigenvalue weighted by atomic mass is 9.35. The molecule has 1 aromatic heterocycles. The molecule has 3 heterocycles. The zero-order chi connectivity index (χ0) is 33.9. The molecule has 9 aromatic rings. The number of para-hydroxylation sites is 3. The zero-order valence-corrected chi connectivity index (χ0v) is 28.0. The fourth-order valence-electron chi connectivity index (χ4n) is 9.13. The molecule has 0 saturated carbocycles. The number of nitrogens with zero attached hydrogens (tertiary/aromatic N) is 1. The lowest BCUT2D eigenvalue weighted by Crippen LogP contribution is -2.57. The first-order chi connectivity index (χ1) is 25.8. The van der Waals surface area contributed by atoms with Crippen molar-refractivity contribution < 1.29 is 9.47 Å². The smallest absolute Gasteiger partial charge is 0.260 e. The van der Waals surface area contributed by atoms with Crippen molar-refractivity contribution >= 4 is 44.9 Å². The van der Waals surface area contributed by atoms with Crippen LogP contribution < -0.4 is 25.9 Å². The number of aromatic nitrogens is 1. The van der Waals surface area contributed by atoms with Crippen LogP contribution in [0.4, 0.5) is 0 Å². The van der Waals surface area contributed by atoms with Gasteiger partial charge >= 0.3 is 0 Å². The Labute approximate surface area is 301 Å². The summed E-state index contributed by atoms with van der Waals surface area (Å²) in [7, 11) is 0. The summed E-state index contributed by atoms with van der Waals surface area (Å²) in [4.78, 5) is 0. The molecule has 3 aliphatic rings. The second-order valence-corrected chi connectivity index (χ2v) is 13.9. The number of hydrogen-bond donors (Lipinski definition) is 0. The quantitative estimate of drug-likeness (QED) is 0.164. The molecule has 2 aliphatic heterocycles. The van der Waals surface area contributed by atoms with Gasteiger partial charge in [0, 0.05) is 16.2 Å². The van der Waals surface area contributed by atoms with Gasteiger partial charge in [0.15, 0.2) is 0 Å². The standard InChI is InChI=1S/C48H28BNO2/c1-2-14-30-29(13-1)31-15-3-5-17-33(31)36-27-38-35-19-7-10-22-41(35)50(43(38)28-37(36)34-18-6-4-16-32(30)34)42-25-26-46-47-48(42)52-45-24-12-9-21-40(45)49(47)39-20-8-11-23-44(39)51-46/h1-28H. The summed E-state index contributed by atoms with van der Waals surface area (Å²) in [6, 6.07) is 61.3. The highest BCUT2D eigenvalue weighted by Gasteiger charge is 2.41. The van der Waals surface area contributed by atoms with Crippen molar-refractivity contribution in [2.75, 3.05) is 0 Å². The van der Waals surface area contributed by atoms with Gasteiger partial charge in [0.05, 0.1) is 16.7 Å². The van der Waals surface area contributed by atoms with E-state index in [1.54, 1.807) is 0 Å². The minimum absolute atomic E-state index is 0.00332. The maximum atomic E-state index is 6.98. The van der Waals surface area contributed by atoms with E-state index >= 15 is 0 Å². The van der Waals surface area contributed by atoms with Crippen molar-refractivity contribution in [1.82, 2.24) is 4.57 Å². The van der Waals surface area contributed by atoms with Crippen LogP contribution in [0.3, 0.4) is 0 Å². The zero-order valence-electron chi connectivity index (χ0n) is 28.0. The van der Waals surface area contributed by atoms with E-state index in [0.717, 1.165) is 56.1 Å². The Kier molecular flexibility index (Phi) is 5.58. The highest BCUT2D eigenvalue weighted by atomic mass is 16.5. The predicted octanol–water partition coefficient (Wildman–Crippen LogP) is 10.5. The predicted molar refractivity (Wildman–Crippen MR) is 214 cm³/mol. The van der Waals surface area contributed by atoms with E-state index in [1.807, 2.05) is 6.07 Å². The highest BCUT2D eigenvalue weighted by molar-refractivity contribution is 6.98. The van der Waals surface area contributed by atoms with E-state index in [0.29, 0.717) is 0 Å². The fourth-order valence-corrected chi connectivity index (χ4v) is 9.13. The minimum Gasteiger partial charge on any atom is -0.458 e. The summed E-state index contributed by atoms with van der Waals surface area (Å²) in [6.07, 6.45) is 0. The summed E-state index contributed by atoms with van der Waals surface area (Å²) in [6.45, 7) is -0.00332. The molecule has 3 nitrogen and oxygen atoms in total. The van der Waals surface area contributed by atoms with E-state index in [9.17, 15) is 0 Å². The number of fused-ring (bicyclic) bond motifs is 15. The molecule has 0 unspecified atom stereocenters. The molecule has 1 aliphatic carbocycles. The molecule has 12 rings (SSSR count). The SMILES string of the molecule is c1ccc2c(c1)Oc1ccc(-n3c4ccccc4c4cc5c(cc43)-c3ccccc3-c3ccccc3-c3ccccc3-5)c3c1B2c1ccccc1O3. The average molecular weight is 662 g/mol. The molecule has 52 heavy (non-hydrogen) atoms. The van der Waals surface area contributed by atoms with Gasteiger partial charge in [0.2, 0.25) is 0 Å². The summed E-state index contributed by atoms with van der Waals surface area (Å²) >= 11 is 0. The van der Waals surface area contributed by atoms with E-state index in [4.69, 9.17) is 9.47 Å². The second-order valence-electron chi connectivity index (χ2n) is 13.9. The Morgan fingerprint density at radius 2 is 0.865 bits per heavy atom. The molecule has 0 radical (unpaired) electrons. The summed E-state index contributed by atoms with van der Waals surface area (Å²) in [5.41, 5.74) is 16.5. The molecule has 240 valence electrons. The lowest BCUT2D eigenvalue weighted by molar-refractivity contribution is 0.463. The van der Waals surface area contributed by atoms with Crippen LogP contribution in [0.25, 0.3) is 72.0 Å². The van der Waals surface area contributed by atoms with Crippen LogP contribution in [0.1, 0.15) is 0 Å². The molecular formula is C48H28BNO2. The maximum Gasteiger partial charge on any atom is 0.260 e. The normalized spacial score (nSPS) is 12.9. The first-order valence-electron chi connectivity index (χ1n) is 17.9. The number of benzene rings is 8. The maximum absolute atomic E-state index is 6.98. The monoisotopic (exact) mass is 661 g/mol. The van der Waals surface area contributed by atoms with Gasteiger partial charge in [-0.25, -0.2) is 0 Å². The van der Waals surface area contributed by atoms with E-state index < -0.39 is 0 Å². The van der Waals surface area contributed by atoms with Crippen molar-refractivity contribution in [3.8, 4) is 73.2 Å². The van der Waals surface area contributed by atoms with Crippen molar-refractivity contribution in [2.24, 2.45) is 0 Å². The molecule has 0 atom stereocenters. The molecular weight excluding hydrogens is 633 g/mol. The van der Waals surface area contributed by atoms with Crippen LogP contribution >= 0.6 is 0 Å². The van der Waals surface area contributed by atoms with E-state index in [-0.39, 0.29) is 6.71 Å². The van der Waals surface area contributed by atoms with Crippen molar-refractivity contribution in [2.45, 2.75) is 0 Å². The second kappa shape index (κ2) is 10.4. The van der Waals surface area contributed by atoms with Crippen LogP contribution in [0.5, 0.6) is 23.0 Å². The third-order valence-electron chi connectivity index (χ3n) is 11.3. The first kappa shape index (κ1) is 28.0. The molecule has 0 fully saturated rings. The van der Waals surface area contributed by atoms with Gasteiger partial charge in [-0.15, -0.1) is 0 Å². The first-order valence-corrected chi connectivity index (χ1v) is 17.9. The van der Waals surface area contributed by atoms with Gasteiger partial charge in [-0.2, -0.15) is 0 Å². The third-order valence-corrected chi connectivity index (χ3v) is 11.3. The van der Waals surface area contributed by atoms with Crippen LogP contribution in [0.2, 0.25) is 0 Å². The van der Waals surface area contributed by atoms with Gasteiger partial charge in [-0.1, -0.05) is 127 Å². The average Bonchev–Trinajstić information content (AvgIpc) is 3.53. The molecule has 0 N–H and O–H groups in total. The Bertz CT molecular complexity index is 2980. The van der Waals surface area contributed by atoms with Crippen LogP contribution in [0.15, 0.2) is 170 Å². The van der Waals surface area contributed by atoms with Gasteiger partial charge < -0.3 is 14.0 Å². The molecule has 0 bridgehead atoms. The minimum atomic E-state index is -0.00332. The number of hydrogen-bond acceptors (Lipinski definition) is 2. The number of ether oxygens (including phenoxy) is 2. The van der Waals surface area contributed by atoms with Crippen molar-refractivity contribution in [3.63, 3.8) is 0 Å². The fraction of sp³-hybridized carbons (Fsp3) is 0. The highest BCUT2D eigenvalue weighted by Crippen LogP contribution is 2.50. The Morgan fingerprint density at radius 1 is 0.365 bits per heavy atom. The Balaban J connectivity index is 1.19. The van der Waals surface area contributed by atoms with E-state index in [1.165, 1.54) is 55.3 Å². The van der Waals surface area contributed by atoms with Gasteiger partial charge in [0.1, 0.15) is 23.0 Å². The Hall–Kier alpha value is -6.78. The third kappa shape index (κ3) is 3.71. The largest absolute Gasteiger partial charge is 0.458 e. The molecule has 0 amide bonds. The van der Waals surface area contributed by atoms with Crippen LogP contribution in [-0.2, 0) is 0 Å². The van der Waals surface area contributed by atoms with Gasteiger partial charge in [-0.05, 0) is 97.9 Å².